The van der Waals surface area contributed by atoms with Gasteiger partial charge in [-0.1, -0.05) is 27.7 Å². The van der Waals surface area contributed by atoms with Gasteiger partial charge in [-0.05, 0) is 24.2 Å². The lowest BCUT2D eigenvalue weighted by atomic mass is 9.85. The van der Waals surface area contributed by atoms with Crippen molar-refractivity contribution < 1.29 is 14.7 Å². The van der Waals surface area contributed by atoms with Gasteiger partial charge in [-0.3, -0.25) is 9.59 Å². The molecule has 0 aromatic heterocycles. The van der Waals surface area contributed by atoms with Crippen LogP contribution in [-0.2, 0) is 9.59 Å². The summed E-state index contributed by atoms with van der Waals surface area (Å²) in [5.41, 5.74) is -0.465. The lowest BCUT2D eigenvalue weighted by molar-refractivity contribution is -0.141. The van der Waals surface area contributed by atoms with E-state index in [1.807, 2.05) is 18.7 Å². The van der Waals surface area contributed by atoms with Gasteiger partial charge >= 0.3 is 5.97 Å². The molecule has 1 aliphatic carbocycles. The van der Waals surface area contributed by atoms with Crippen LogP contribution in [0.5, 0.6) is 0 Å². The van der Waals surface area contributed by atoms with Crippen molar-refractivity contribution in [3.63, 3.8) is 0 Å². The third kappa shape index (κ3) is 5.07. The maximum atomic E-state index is 12.3. The number of carboxylic acids is 1. The number of hydrogen-bond acceptors (Lipinski definition) is 2. The highest BCUT2D eigenvalue weighted by Gasteiger charge is 2.35. The molecule has 0 saturated heterocycles. The van der Waals surface area contributed by atoms with Gasteiger partial charge in [0.15, 0.2) is 0 Å². The first-order chi connectivity index (χ1) is 8.21. The number of carbonyl (C=O) groups excluding carboxylic acids is 1. The maximum absolute atomic E-state index is 12.3. The number of hydrogen-bond donors (Lipinski definition) is 1. The molecular weight excluding hydrogens is 230 g/mol. The highest BCUT2D eigenvalue weighted by atomic mass is 16.4. The molecule has 1 amide bonds. The van der Waals surface area contributed by atoms with Crippen LogP contribution in [0.2, 0.25) is 0 Å². The molecule has 0 aromatic carbocycles. The first kappa shape index (κ1) is 15.0. The maximum Gasteiger partial charge on any atom is 0.303 e. The molecule has 0 radical (unpaired) electrons. The number of nitrogens with zero attached hydrogens (tertiary/aromatic N) is 1. The number of rotatable bonds is 7. The van der Waals surface area contributed by atoms with Gasteiger partial charge in [0.05, 0.1) is 6.42 Å². The van der Waals surface area contributed by atoms with Crippen molar-refractivity contribution in [3.8, 4) is 0 Å². The molecule has 0 spiro atoms. The van der Waals surface area contributed by atoms with E-state index >= 15 is 0 Å². The number of carbonyl (C=O) groups is 2. The lowest BCUT2D eigenvalue weighted by Crippen LogP contribution is -2.38. The molecule has 1 N–H and O–H groups in total. The van der Waals surface area contributed by atoms with Crippen molar-refractivity contribution in [1.29, 1.82) is 0 Å². The minimum atomic E-state index is -0.838. The second kappa shape index (κ2) is 5.72. The Morgan fingerprint density at radius 1 is 1.28 bits per heavy atom. The number of carboxylic acid groups (broad SMARTS) is 1. The first-order valence-corrected chi connectivity index (χ1v) is 6.72. The normalized spacial score (nSPS) is 15.8. The van der Waals surface area contributed by atoms with E-state index in [0.717, 1.165) is 19.4 Å². The molecular formula is C14H25NO3. The second-order valence-corrected chi connectivity index (χ2v) is 6.58. The summed E-state index contributed by atoms with van der Waals surface area (Å²) in [6, 6.07) is 0.403. The fourth-order valence-corrected chi connectivity index (χ4v) is 2.22. The topological polar surface area (TPSA) is 57.6 Å². The zero-order chi connectivity index (χ0) is 13.9. The van der Waals surface area contributed by atoms with Gasteiger partial charge in [-0.2, -0.15) is 0 Å². The Labute approximate surface area is 109 Å². The molecule has 1 saturated carbocycles. The third-order valence-corrected chi connectivity index (χ3v) is 3.13. The van der Waals surface area contributed by atoms with Crippen molar-refractivity contribution >= 4 is 11.9 Å². The fraction of sp³-hybridized carbons (Fsp3) is 0.857. The minimum Gasteiger partial charge on any atom is -0.481 e. The quantitative estimate of drug-likeness (QED) is 0.760. The molecule has 0 bridgehead atoms. The van der Waals surface area contributed by atoms with Gasteiger partial charge < -0.3 is 10.0 Å². The van der Waals surface area contributed by atoms with Crippen molar-refractivity contribution in [2.45, 2.75) is 59.4 Å². The Bertz CT molecular complexity index is 319. The van der Waals surface area contributed by atoms with E-state index in [-0.39, 0.29) is 12.3 Å². The summed E-state index contributed by atoms with van der Waals surface area (Å²) < 4.78 is 0. The highest BCUT2D eigenvalue weighted by molar-refractivity contribution is 5.78. The van der Waals surface area contributed by atoms with E-state index in [2.05, 4.69) is 13.8 Å². The molecule has 104 valence electrons. The Balaban J connectivity index is 2.58. The molecule has 0 aromatic rings. The van der Waals surface area contributed by atoms with Gasteiger partial charge in [0.1, 0.15) is 0 Å². The summed E-state index contributed by atoms with van der Waals surface area (Å²) in [6.07, 6.45) is 2.55. The Morgan fingerprint density at radius 2 is 1.83 bits per heavy atom. The molecule has 0 unspecified atom stereocenters. The van der Waals surface area contributed by atoms with E-state index in [4.69, 9.17) is 5.11 Å². The molecule has 1 aliphatic rings. The van der Waals surface area contributed by atoms with Gasteiger partial charge in [-0.25, -0.2) is 0 Å². The Hall–Kier alpha value is -1.06. The van der Waals surface area contributed by atoms with Crippen LogP contribution in [0.3, 0.4) is 0 Å². The summed E-state index contributed by atoms with van der Waals surface area (Å²) in [4.78, 5) is 25.0. The molecule has 0 heterocycles. The predicted molar refractivity (Wildman–Crippen MR) is 70.2 cm³/mol. The smallest absolute Gasteiger partial charge is 0.303 e. The van der Waals surface area contributed by atoms with Crippen LogP contribution >= 0.6 is 0 Å². The van der Waals surface area contributed by atoms with Crippen molar-refractivity contribution in [2.24, 2.45) is 11.3 Å². The van der Waals surface area contributed by atoms with Crippen LogP contribution in [0, 0.1) is 11.3 Å². The van der Waals surface area contributed by atoms with E-state index in [1.165, 1.54) is 0 Å². The molecule has 0 aliphatic heterocycles. The SMILES string of the molecule is CC(C)CN(C(=O)CC(C)(C)CC(=O)O)C1CC1. The zero-order valence-corrected chi connectivity index (χ0v) is 11.9. The first-order valence-electron chi connectivity index (χ1n) is 6.72. The molecule has 4 nitrogen and oxygen atoms in total. The largest absolute Gasteiger partial charge is 0.481 e. The number of amides is 1. The van der Waals surface area contributed by atoms with E-state index in [9.17, 15) is 9.59 Å². The molecule has 1 rings (SSSR count). The summed E-state index contributed by atoms with van der Waals surface area (Å²) in [7, 11) is 0. The summed E-state index contributed by atoms with van der Waals surface area (Å²) in [6.45, 7) is 8.68. The van der Waals surface area contributed by atoms with Gasteiger partial charge in [0.25, 0.3) is 0 Å². The van der Waals surface area contributed by atoms with Crippen molar-refractivity contribution in [3.05, 3.63) is 0 Å². The molecule has 4 heteroatoms. The zero-order valence-electron chi connectivity index (χ0n) is 11.9. The van der Waals surface area contributed by atoms with Crippen molar-refractivity contribution in [2.75, 3.05) is 6.54 Å². The lowest BCUT2D eigenvalue weighted by Gasteiger charge is -2.29. The highest BCUT2D eigenvalue weighted by Crippen LogP contribution is 2.32. The molecule has 18 heavy (non-hydrogen) atoms. The summed E-state index contributed by atoms with van der Waals surface area (Å²) in [5, 5.41) is 8.84. The van der Waals surface area contributed by atoms with Crippen LogP contribution in [0.25, 0.3) is 0 Å². The number of aliphatic carboxylic acids is 1. The summed E-state index contributed by atoms with van der Waals surface area (Å²) >= 11 is 0. The molecule has 1 fully saturated rings. The van der Waals surface area contributed by atoms with E-state index in [1.54, 1.807) is 0 Å². The fourth-order valence-electron chi connectivity index (χ4n) is 2.22. The van der Waals surface area contributed by atoms with Crippen LogP contribution in [-0.4, -0.2) is 34.5 Å². The Kier molecular flexibility index (Phi) is 4.77. The van der Waals surface area contributed by atoms with Crippen LogP contribution in [0.4, 0.5) is 0 Å². The van der Waals surface area contributed by atoms with Crippen LogP contribution in [0.15, 0.2) is 0 Å². The third-order valence-electron chi connectivity index (χ3n) is 3.13. The average Bonchev–Trinajstić information content (AvgIpc) is 2.93. The summed E-state index contributed by atoms with van der Waals surface area (Å²) in [5.74, 6) is -0.274. The van der Waals surface area contributed by atoms with Gasteiger partial charge in [0.2, 0.25) is 5.91 Å². The van der Waals surface area contributed by atoms with Crippen molar-refractivity contribution in [1.82, 2.24) is 4.90 Å². The average molecular weight is 255 g/mol. The standard InChI is InChI=1S/C14H25NO3/c1-10(2)9-15(11-5-6-11)12(16)7-14(3,4)8-13(17)18/h10-11H,5-9H2,1-4H3,(H,17,18). The van der Waals surface area contributed by atoms with Gasteiger partial charge in [-0.15, -0.1) is 0 Å². The predicted octanol–water partition coefficient (Wildman–Crippen LogP) is 2.52. The van der Waals surface area contributed by atoms with Crippen LogP contribution < -0.4 is 0 Å². The van der Waals surface area contributed by atoms with Crippen LogP contribution in [0.1, 0.15) is 53.4 Å². The Morgan fingerprint density at radius 3 is 2.22 bits per heavy atom. The second-order valence-electron chi connectivity index (χ2n) is 6.58. The van der Waals surface area contributed by atoms with E-state index in [0.29, 0.717) is 18.4 Å². The monoisotopic (exact) mass is 255 g/mol. The molecule has 0 atom stereocenters. The minimum absolute atomic E-state index is 0.0406. The van der Waals surface area contributed by atoms with E-state index < -0.39 is 11.4 Å². The van der Waals surface area contributed by atoms with Gasteiger partial charge in [0, 0.05) is 19.0 Å².